The molecule has 0 bridgehead atoms. The standard InChI is InChI=1S/C27H25FN4O2/c1-3-26-13-23(26)27(26)10-11-31(16-27)25(33)22-15-32(19-6-8-20(34-2)9-7-19)24(30-22)17-4-5-18(14-29)21(28)12-17/h4-9,12,15,23H,3,10-11,13,16H2,1-2H3. The number of carbonyl (C=O) groups is 1. The van der Waals surface area contributed by atoms with Gasteiger partial charge in [-0.3, -0.25) is 9.36 Å². The van der Waals surface area contributed by atoms with E-state index in [1.165, 1.54) is 25.0 Å². The van der Waals surface area contributed by atoms with Gasteiger partial charge in [0.25, 0.3) is 5.91 Å². The van der Waals surface area contributed by atoms with Gasteiger partial charge in [0.05, 0.1) is 12.7 Å². The molecule has 1 saturated heterocycles. The zero-order valence-electron chi connectivity index (χ0n) is 19.2. The lowest BCUT2D eigenvalue weighted by Gasteiger charge is -2.22. The molecule has 3 atom stereocenters. The average molecular weight is 457 g/mol. The molecule has 1 aliphatic heterocycles. The third kappa shape index (κ3) is 2.78. The predicted octanol–water partition coefficient (Wildman–Crippen LogP) is 4.82. The van der Waals surface area contributed by atoms with Crippen LogP contribution in [0.15, 0.2) is 48.7 Å². The maximum atomic E-state index is 14.4. The van der Waals surface area contributed by atoms with Crippen molar-refractivity contribution in [2.75, 3.05) is 20.2 Å². The molecule has 3 aliphatic rings. The Balaban J connectivity index is 1.36. The minimum Gasteiger partial charge on any atom is -0.497 e. The van der Waals surface area contributed by atoms with Gasteiger partial charge in [-0.05, 0) is 78.5 Å². The van der Waals surface area contributed by atoms with Crippen LogP contribution in [0.1, 0.15) is 42.2 Å². The molecule has 1 aromatic heterocycles. The summed E-state index contributed by atoms with van der Waals surface area (Å²) in [4.78, 5) is 20.1. The van der Waals surface area contributed by atoms with Crippen LogP contribution in [-0.4, -0.2) is 40.6 Å². The van der Waals surface area contributed by atoms with Crippen molar-refractivity contribution in [3.05, 3.63) is 65.7 Å². The first-order valence-corrected chi connectivity index (χ1v) is 11.7. The van der Waals surface area contributed by atoms with Crippen molar-refractivity contribution in [3.8, 4) is 28.9 Å². The molecule has 1 amide bonds. The van der Waals surface area contributed by atoms with Gasteiger partial charge in [0, 0.05) is 30.5 Å². The minimum absolute atomic E-state index is 0.0298. The van der Waals surface area contributed by atoms with Crippen LogP contribution < -0.4 is 4.74 Å². The number of likely N-dealkylation sites (tertiary alicyclic amines) is 1. The number of hydrogen-bond donors (Lipinski definition) is 0. The van der Waals surface area contributed by atoms with Crippen LogP contribution in [0.4, 0.5) is 4.39 Å². The molecule has 2 heterocycles. The summed E-state index contributed by atoms with van der Waals surface area (Å²) < 4.78 is 21.5. The Labute approximate surface area is 197 Å². The molecular formula is C27H25FN4O2. The molecule has 0 radical (unpaired) electrons. The summed E-state index contributed by atoms with van der Waals surface area (Å²) in [7, 11) is 1.60. The Hall–Kier alpha value is -3.66. The van der Waals surface area contributed by atoms with Crippen LogP contribution in [0.3, 0.4) is 0 Å². The Morgan fingerprint density at radius 1 is 1.29 bits per heavy atom. The monoisotopic (exact) mass is 456 g/mol. The highest BCUT2D eigenvalue weighted by Gasteiger charge is 2.87. The molecule has 7 heteroatoms. The van der Waals surface area contributed by atoms with Gasteiger partial charge in [-0.15, -0.1) is 0 Å². The van der Waals surface area contributed by atoms with E-state index in [1.807, 2.05) is 35.2 Å². The molecule has 172 valence electrons. The number of hydrogen-bond acceptors (Lipinski definition) is 4. The molecule has 1 spiro atoms. The van der Waals surface area contributed by atoms with Crippen LogP contribution in [0, 0.1) is 33.9 Å². The van der Waals surface area contributed by atoms with Gasteiger partial charge in [0.1, 0.15) is 29.2 Å². The molecule has 6 nitrogen and oxygen atoms in total. The number of aromatic nitrogens is 2. The molecule has 6 rings (SSSR count). The van der Waals surface area contributed by atoms with Gasteiger partial charge in [0.15, 0.2) is 0 Å². The summed E-state index contributed by atoms with van der Waals surface area (Å²) in [5, 5.41) is 9.09. The number of fused-ring (bicyclic) bond motifs is 3. The number of nitriles is 1. The highest BCUT2D eigenvalue weighted by Crippen LogP contribution is 2.91. The zero-order valence-corrected chi connectivity index (χ0v) is 19.2. The summed E-state index contributed by atoms with van der Waals surface area (Å²) >= 11 is 0. The van der Waals surface area contributed by atoms with E-state index in [1.54, 1.807) is 23.9 Å². The molecule has 3 aromatic rings. The molecule has 2 aromatic carbocycles. The molecule has 2 aliphatic carbocycles. The van der Waals surface area contributed by atoms with Crippen molar-refractivity contribution in [1.82, 2.24) is 14.5 Å². The highest BCUT2D eigenvalue weighted by atomic mass is 19.1. The Bertz CT molecular complexity index is 1360. The normalized spacial score (nSPS) is 26.3. The van der Waals surface area contributed by atoms with Crippen molar-refractivity contribution in [2.45, 2.75) is 26.2 Å². The van der Waals surface area contributed by atoms with E-state index in [0.717, 1.165) is 31.1 Å². The van der Waals surface area contributed by atoms with Gasteiger partial charge in [0.2, 0.25) is 0 Å². The quantitative estimate of drug-likeness (QED) is 0.552. The average Bonchev–Trinajstić information content (AvgIpc) is 3.52. The van der Waals surface area contributed by atoms with Gasteiger partial charge in [-0.1, -0.05) is 6.92 Å². The number of halogens is 1. The number of methoxy groups -OCH3 is 1. The van der Waals surface area contributed by atoms with Crippen LogP contribution in [0.5, 0.6) is 5.75 Å². The topological polar surface area (TPSA) is 71.2 Å². The Morgan fingerprint density at radius 2 is 2.09 bits per heavy atom. The second-order valence-electron chi connectivity index (χ2n) is 9.72. The maximum absolute atomic E-state index is 14.4. The number of nitrogens with zero attached hydrogens (tertiary/aromatic N) is 4. The van der Waals surface area contributed by atoms with Gasteiger partial charge in [-0.25, -0.2) is 9.37 Å². The lowest BCUT2D eigenvalue weighted by molar-refractivity contribution is 0.0770. The summed E-state index contributed by atoms with van der Waals surface area (Å²) in [5.41, 5.74) is 2.39. The van der Waals surface area contributed by atoms with Crippen LogP contribution >= 0.6 is 0 Å². The molecule has 3 fully saturated rings. The van der Waals surface area contributed by atoms with Gasteiger partial charge in [-0.2, -0.15) is 5.26 Å². The first-order valence-electron chi connectivity index (χ1n) is 11.7. The van der Waals surface area contributed by atoms with E-state index in [9.17, 15) is 9.18 Å². The fourth-order valence-electron chi connectivity index (χ4n) is 6.39. The fourth-order valence-corrected chi connectivity index (χ4v) is 6.39. The summed E-state index contributed by atoms with van der Waals surface area (Å²) in [6, 6.07) is 13.6. The number of imidazole rings is 1. The van der Waals surface area contributed by atoms with Crippen molar-refractivity contribution in [1.29, 1.82) is 5.26 Å². The molecule has 0 N–H and O–H groups in total. The summed E-state index contributed by atoms with van der Waals surface area (Å²) in [6.07, 6.45) is 5.31. The maximum Gasteiger partial charge on any atom is 0.274 e. The van der Waals surface area contributed by atoms with Crippen molar-refractivity contribution in [3.63, 3.8) is 0 Å². The van der Waals surface area contributed by atoms with E-state index in [2.05, 4.69) is 11.9 Å². The summed E-state index contributed by atoms with van der Waals surface area (Å²) in [5.74, 6) is 1.25. The van der Waals surface area contributed by atoms with E-state index >= 15 is 0 Å². The van der Waals surface area contributed by atoms with Crippen LogP contribution in [0.25, 0.3) is 17.1 Å². The largest absolute Gasteiger partial charge is 0.497 e. The number of rotatable bonds is 5. The second kappa shape index (κ2) is 7.17. The van der Waals surface area contributed by atoms with E-state index in [-0.39, 0.29) is 11.5 Å². The van der Waals surface area contributed by atoms with Crippen LogP contribution in [0.2, 0.25) is 0 Å². The Morgan fingerprint density at radius 3 is 2.71 bits per heavy atom. The number of benzene rings is 2. The minimum atomic E-state index is -0.614. The number of ether oxygens (including phenoxy) is 1. The van der Waals surface area contributed by atoms with Crippen molar-refractivity contribution in [2.24, 2.45) is 16.7 Å². The molecule has 34 heavy (non-hydrogen) atoms. The van der Waals surface area contributed by atoms with Crippen LogP contribution in [-0.2, 0) is 0 Å². The molecule has 3 unspecified atom stereocenters. The molecular weight excluding hydrogens is 431 g/mol. The number of amides is 1. The van der Waals surface area contributed by atoms with E-state index < -0.39 is 5.82 Å². The fraction of sp³-hybridized carbons (Fsp3) is 0.370. The third-order valence-corrected chi connectivity index (χ3v) is 8.49. The summed E-state index contributed by atoms with van der Waals surface area (Å²) in [6.45, 7) is 3.83. The smallest absolute Gasteiger partial charge is 0.274 e. The van der Waals surface area contributed by atoms with Crippen molar-refractivity contribution < 1.29 is 13.9 Å². The first kappa shape index (κ1) is 20.9. The van der Waals surface area contributed by atoms with E-state index in [4.69, 9.17) is 10.00 Å². The van der Waals surface area contributed by atoms with Gasteiger partial charge < -0.3 is 9.64 Å². The van der Waals surface area contributed by atoms with Gasteiger partial charge >= 0.3 is 0 Å². The highest BCUT2D eigenvalue weighted by molar-refractivity contribution is 5.93. The van der Waals surface area contributed by atoms with E-state index in [0.29, 0.717) is 33.7 Å². The Kier molecular flexibility index (Phi) is 4.41. The predicted molar refractivity (Wildman–Crippen MR) is 124 cm³/mol. The lowest BCUT2D eigenvalue weighted by Crippen LogP contribution is -2.31. The number of carbonyl (C=O) groups excluding carboxylic acids is 1. The zero-order chi connectivity index (χ0) is 23.7. The lowest BCUT2D eigenvalue weighted by atomic mass is 9.85. The first-order chi connectivity index (χ1) is 16.5. The van der Waals surface area contributed by atoms with Crippen molar-refractivity contribution >= 4 is 5.91 Å². The SMILES string of the molecule is CCC12CC1C21CCN(C(=O)c2cn(-c3ccc(OC)cc3)c(-c3ccc(C#N)c(F)c3)n2)C1. The molecule has 2 saturated carbocycles. The third-order valence-electron chi connectivity index (χ3n) is 8.49. The second-order valence-corrected chi connectivity index (χ2v) is 9.72.